The Morgan fingerprint density at radius 3 is 2.58 bits per heavy atom. The van der Waals surface area contributed by atoms with Crippen molar-refractivity contribution in [2.24, 2.45) is 0 Å². The van der Waals surface area contributed by atoms with Crippen molar-refractivity contribution in [3.63, 3.8) is 0 Å². The Morgan fingerprint density at radius 1 is 1.05 bits per heavy atom. The first-order chi connectivity index (χ1) is 9.22. The van der Waals surface area contributed by atoms with E-state index in [2.05, 4.69) is 29.3 Å². The molecule has 1 amide bonds. The van der Waals surface area contributed by atoms with E-state index in [-0.39, 0.29) is 20.9 Å². The first kappa shape index (κ1) is 12.6. The first-order valence-electron chi connectivity index (χ1n) is 5.53. The van der Waals surface area contributed by atoms with Crippen molar-refractivity contribution in [1.82, 2.24) is 7.96 Å². The van der Waals surface area contributed by atoms with Crippen LogP contribution in [0.25, 0.3) is 11.0 Å². The average Bonchev–Trinajstić information content (AvgIpc) is 2.88. The zero-order chi connectivity index (χ0) is 13.2. The van der Waals surface area contributed by atoms with Crippen molar-refractivity contribution in [3.05, 3.63) is 48.0 Å². The molecular weight excluding hydrogens is 372 g/mol. The zero-order valence-electron chi connectivity index (χ0n) is 9.66. The number of carbonyl (C=O) groups is 1. The second kappa shape index (κ2) is 5.27. The first-order valence-corrected chi connectivity index (χ1v) is 7.92. The number of anilines is 1. The Balaban J connectivity index is 1.84. The summed E-state index contributed by atoms with van der Waals surface area (Å²) in [6.07, 6.45) is 0. The maximum atomic E-state index is 12.1. The second-order valence-electron chi connectivity index (χ2n) is 3.95. The number of aromatic nitrogens is 2. The van der Waals surface area contributed by atoms with E-state index >= 15 is 0 Å². The number of hydrogen-bond donors (Lipinski definition) is 1. The molecule has 0 saturated heterocycles. The molecule has 1 radical (unpaired) electrons. The molecule has 0 aliphatic rings. The molecule has 19 heavy (non-hydrogen) atoms. The van der Waals surface area contributed by atoms with Gasteiger partial charge in [-0.05, 0) is 0 Å². The predicted molar refractivity (Wildman–Crippen MR) is 76.3 cm³/mol. The van der Waals surface area contributed by atoms with E-state index in [0.717, 1.165) is 21.2 Å². The zero-order valence-corrected chi connectivity index (χ0v) is 13.1. The Kier molecular flexibility index (Phi) is 3.49. The van der Waals surface area contributed by atoms with Crippen LogP contribution in [0.3, 0.4) is 0 Å². The van der Waals surface area contributed by atoms with Crippen LogP contribution in [0.2, 0.25) is 0 Å². The summed E-state index contributed by atoms with van der Waals surface area (Å²) < 4.78 is 9.57. The van der Waals surface area contributed by atoms with E-state index in [4.69, 9.17) is 0 Å². The van der Waals surface area contributed by atoms with Crippen LogP contribution in [0.1, 0.15) is 10.4 Å². The molecule has 4 nitrogen and oxygen atoms in total. The summed E-state index contributed by atoms with van der Waals surface area (Å²) in [6, 6.07) is 12.9. The molecule has 0 bridgehead atoms. The molecule has 1 N–H and O–H groups in total. The number of nitrogens with zero attached hydrogens (tertiary/aromatic N) is 2. The minimum atomic E-state index is -0.134. The van der Waals surface area contributed by atoms with Crippen LogP contribution in [-0.4, -0.2) is 44.8 Å². The van der Waals surface area contributed by atoms with Crippen molar-refractivity contribution in [2.75, 3.05) is 5.32 Å². The standard InChI is InChI=1S/C13H8N3OSe2/c17-13(14-9-2-4-10(18)5-3-9)8-1-6-11-12(7-8)16-19-15-11/h1-7H,(H,14,17). The molecule has 1 aromatic heterocycles. The maximum absolute atomic E-state index is 12.1. The van der Waals surface area contributed by atoms with Crippen LogP contribution in [0.15, 0.2) is 42.5 Å². The fourth-order valence-electron chi connectivity index (χ4n) is 1.66. The van der Waals surface area contributed by atoms with Crippen molar-refractivity contribution in [2.45, 2.75) is 0 Å². The van der Waals surface area contributed by atoms with Crippen LogP contribution in [-0.2, 0) is 0 Å². The van der Waals surface area contributed by atoms with Gasteiger partial charge >= 0.3 is 124 Å². The fraction of sp³-hybridized carbons (Fsp3) is 0. The summed E-state index contributed by atoms with van der Waals surface area (Å²) in [7, 11) is 0. The van der Waals surface area contributed by atoms with Gasteiger partial charge in [0.2, 0.25) is 0 Å². The van der Waals surface area contributed by atoms with Crippen LogP contribution in [0, 0.1) is 0 Å². The quantitative estimate of drug-likeness (QED) is 0.668. The van der Waals surface area contributed by atoms with Gasteiger partial charge < -0.3 is 0 Å². The van der Waals surface area contributed by atoms with Crippen LogP contribution in [0.4, 0.5) is 5.69 Å². The van der Waals surface area contributed by atoms with Gasteiger partial charge in [0, 0.05) is 0 Å². The van der Waals surface area contributed by atoms with Gasteiger partial charge in [-0.2, -0.15) is 0 Å². The van der Waals surface area contributed by atoms with Crippen LogP contribution >= 0.6 is 0 Å². The summed E-state index contributed by atoms with van der Waals surface area (Å²) in [4.78, 5) is 12.1. The minimum absolute atomic E-state index is 0.0646. The molecule has 3 aromatic rings. The van der Waals surface area contributed by atoms with Crippen LogP contribution < -0.4 is 9.78 Å². The van der Waals surface area contributed by atoms with Gasteiger partial charge in [-0.15, -0.1) is 0 Å². The van der Waals surface area contributed by atoms with E-state index in [1.54, 1.807) is 12.1 Å². The normalized spacial score (nSPS) is 10.5. The average molecular weight is 380 g/mol. The summed E-state index contributed by atoms with van der Waals surface area (Å²) in [5.41, 5.74) is 3.06. The third-order valence-electron chi connectivity index (χ3n) is 2.63. The second-order valence-corrected chi connectivity index (χ2v) is 6.04. The topological polar surface area (TPSA) is 54.9 Å². The van der Waals surface area contributed by atoms with Crippen LogP contribution in [0.5, 0.6) is 0 Å². The van der Waals surface area contributed by atoms with E-state index in [0.29, 0.717) is 5.56 Å². The number of carbonyl (C=O) groups excluding carboxylic acids is 1. The molecule has 0 unspecified atom stereocenters. The predicted octanol–water partition coefficient (Wildman–Crippen LogP) is 0.733. The van der Waals surface area contributed by atoms with E-state index in [1.165, 1.54) is 0 Å². The number of fused-ring (bicyclic) bond motifs is 1. The third-order valence-corrected chi connectivity index (χ3v) is 4.37. The molecular formula is C13H8N3OSe2. The van der Waals surface area contributed by atoms with Gasteiger partial charge in [-0.25, -0.2) is 0 Å². The summed E-state index contributed by atoms with van der Waals surface area (Å²) >= 11 is 2.84. The van der Waals surface area contributed by atoms with E-state index in [1.807, 2.05) is 30.3 Å². The van der Waals surface area contributed by atoms with Gasteiger partial charge in [0.15, 0.2) is 0 Å². The number of nitrogens with one attached hydrogen (secondary N) is 1. The van der Waals surface area contributed by atoms with Gasteiger partial charge in [-0.1, -0.05) is 0 Å². The molecule has 0 saturated carbocycles. The monoisotopic (exact) mass is 382 g/mol. The Labute approximate surface area is 124 Å². The summed E-state index contributed by atoms with van der Waals surface area (Å²) in [6.45, 7) is 0. The van der Waals surface area contributed by atoms with Gasteiger partial charge in [0.1, 0.15) is 0 Å². The Bertz CT molecular complexity index is 737. The Hall–Kier alpha value is -1.45. The molecule has 0 fully saturated rings. The molecule has 0 atom stereocenters. The fourth-order valence-corrected chi connectivity index (χ4v) is 3.04. The Morgan fingerprint density at radius 2 is 1.79 bits per heavy atom. The molecule has 2 aromatic carbocycles. The molecule has 0 aliphatic carbocycles. The van der Waals surface area contributed by atoms with E-state index < -0.39 is 0 Å². The third kappa shape index (κ3) is 2.77. The van der Waals surface area contributed by atoms with Crippen molar-refractivity contribution < 1.29 is 4.79 Å². The van der Waals surface area contributed by atoms with Gasteiger partial charge in [0.25, 0.3) is 0 Å². The number of benzene rings is 2. The van der Waals surface area contributed by atoms with Crippen molar-refractivity contribution in [1.29, 1.82) is 0 Å². The molecule has 3 rings (SSSR count). The molecule has 1 heterocycles. The number of amides is 1. The molecule has 0 spiro atoms. The summed E-state index contributed by atoms with van der Waals surface area (Å²) in [5, 5.41) is 2.86. The molecule has 6 heteroatoms. The van der Waals surface area contributed by atoms with Crippen molar-refractivity contribution in [3.8, 4) is 0 Å². The van der Waals surface area contributed by atoms with Gasteiger partial charge in [-0.3, -0.25) is 0 Å². The molecule has 93 valence electrons. The number of rotatable bonds is 2. The van der Waals surface area contributed by atoms with Crippen molar-refractivity contribution >= 4 is 58.1 Å². The molecule has 0 aliphatic heterocycles. The summed E-state index contributed by atoms with van der Waals surface area (Å²) in [5.74, 6) is -0.134. The van der Waals surface area contributed by atoms with Gasteiger partial charge in [0.05, 0.1) is 0 Å². The number of hydrogen-bond acceptors (Lipinski definition) is 3. The SMILES string of the molecule is O=C(Nc1ccc([Se])cc1)c1ccc2n[se]nc2c1. The van der Waals surface area contributed by atoms with E-state index in [9.17, 15) is 4.79 Å².